The summed E-state index contributed by atoms with van der Waals surface area (Å²) in [6.07, 6.45) is 2.17. The zero-order valence-electron chi connectivity index (χ0n) is 10.2. The maximum atomic E-state index is 11.8. The highest BCUT2D eigenvalue weighted by molar-refractivity contribution is 9.10. The predicted molar refractivity (Wildman–Crippen MR) is 70.3 cm³/mol. The molecule has 0 aliphatic heterocycles. The molecule has 2 N–H and O–H groups in total. The molecule has 0 radical (unpaired) electrons. The Balaban J connectivity index is 2.78. The van der Waals surface area contributed by atoms with Crippen molar-refractivity contribution in [2.24, 2.45) is 5.92 Å². The average molecular weight is 315 g/mol. The molecular weight excluding hydrogens is 300 g/mol. The molecule has 1 aromatic rings. The lowest BCUT2D eigenvalue weighted by Gasteiger charge is -2.19. The average Bonchev–Trinajstić information content (AvgIpc) is 2.35. The van der Waals surface area contributed by atoms with E-state index < -0.39 is 17.9 Å². The Morgan fingerprint density at radius 1 is 1.50 bits per heavy atom. The van der Waals surface area contributed by atoms with Crippen molar-refractivity contribution in [3.63, 3.8) is 0 Å². The zero-order valence-corrected chi connectivity index (χ0v) is 11.8. The molecule has 1 unspecified atom stereocenters. The summed E-state index contributed by atoms with van der Waals surface area (Å²) in [7, 11) is 0. The van der Waals surface area contributed by atoms with Crippen molar-refractivity contribution >= 4 is 27.8 Å². The Labute approximate surface area is 114 Å². The summed E-state index contributed by atoms with van der Waals surface area (Å²) in [4.78, 5) is 26.8. The van der Waals surface area contributed by atoms with Crippen LogP contribution in [0.15, 0.2) is 22.8 Å². The number of nitrogens with zero attached hydrogens (tertiary/aromatic N) is 1. The fraction of sp³-hybridized carbons (Fsp3) is 0.417. The number of nitrogens with one attached hydrogen (secondary N) is 1. The first kappa shape index (κ1) is 14.6. The SMILES string of the molecule is CCC(C)[C@H](NC(=O)c1ccc(Br)cn1)C(=O)O. The van der Waals surface area contributed by atoms with Crippen LogP contribution in [-0.2, 0) is 4.79 Å². The van der Waals surface area contributed by atoms with Crippen molar-refractivity contribution in [3.8, 4) is 0 Å². The fourth-order valence-corrected chi connectivity index (χ4v) is 1.64. The van der Waals surface area contributed by atoms with Crippen molar-refractivity contribution in [2.45, 2.75) is 26.3 Å². The summed E-state index contributed by atoms with van der Waals surface area (Å²) in [5, 5.41) is 11.6. The van der Waals surface area contributed by atoms with E-state index in [1.807, 2.05) is 6.92 Å². The van der Waals surface area contributed by atoms with E-state index in [1.165, 1.54) is 12.3 Å². The van der Waals surface area contributed by atoms with Crippen LogP contribution in [0, 0.1) is 5.92 Å². The monoisotopic (exact) mass is 314 g/mol. The van der Waals surface area contributed by atoms with Gasteiger partial charge in [-0.25, -0.2) is 9.78 Å². The molecule has 5 nitrogen and oxygen atoms in total. The minimum atomic E-state index is -1.03. The third kappa shape index (κ3) is 3.80. The van der Waals surface area contributed by atoms with Gasteiger partial charge in [0.2, 0.25) is 0 Å². The molecule has 6 heteroatoms. The predicted octanol–water partition coefficient (Wildman–Crippen LogP) is 2.07. The fourth-order valence-electron chi connectivity index (χ4n) is 1.41. The number of carboxylic acids is 1. The van der Waals surface area contributed by atoms with Crippen LogP contribution in [0.1, 0.15) is 30.8 Å². The molecular formula is C12H15BrN2O3. The smallest absolute Gasteiger partial charge is 0.326 e. The third-order valence-corrected chi connectivity index (χ3v) is 3.19. The Bertz CT molecular complexity index is 433. The first-order valence-corrected chi connectivity index (χ1v) is 6.40. The highest BCUT2D eigenvalue weighted by Crippen LogP contribution is 2.10. The maximum absolute atomic E-state index is 11.8. The summed E-state index contributed by atoms with van der Waals surface area (Å²) in [6.45, 7) is 3.67. The van der Waals surface area contributed by atoms with Gasteiger partial charge in [0.25, 0.3) is 5.91 Å². The van der Waals surface area contributed by atoms with Gasteiger partial charge in [-0.2, -0.15) is 0 Å². The normalized spacial score (nSPS) is 13.7. The van der Waals surface area contributed by atoms with Crippen LogP contribution in [-0.4, -0.2) is 28.0 Å². The van der Waals surface area contributed by atoms with E-state index in [2.05, 4.69) is 26.2 Å². The first-order chi connectivity index (χ1) is 8.45. The number of carbonyl (C=O) groups excluding carboxylic acids is 1. The van der Waals surface area contributed by atoms with Crippen LogP contribution in [0.25, 0.3) is 0 Å². The van der Waals surface area contributed by atoms with Crippen molar-refractivity contribution < 1.29 is 14.7 Å². The number of halogens is 1. The molecule has 98 valence electrons. The van der Waals surface area contributed by atoms with Crippen molar-refractivity contribution in [1.29, 1.82) is 0 Å². The quantitative estimate of drug-likeness (QED) is 0.872. The van der Waals surface area contributed by atoms with Gasteiger partial charge in [0, 0.05) is 10.7 Å². The van der Waals surface area contributed by atoms with Crippen molar-refractivity contribution in [3.05, 3.63) is 28.5 Å². The molecule has 1 amide bonds. The second-order valence-electron chi connectivity index (χ2n) is 4.04. The van der Waals surface area contributed by atoms with Crippen LogP contribution in [0.3, 0.4) is 0 Å². The molecule has 0 bridgehead atoms. The van der Waals surface area contributed by atoms with E-state index >= 15 is 0 Å². The highest BCUT2D eigenvalue weighted by Gasteiger charge is 2.25. The zero-order chi connectivity index (χ0) is 13.7. The summed E-state index contributed by atoms with van der Waals surface area (Å²) >= 11 is 3.21. The van der Waals surface area contributed by atoms with Gasteiger partial charge in [0.1, 0.15) is 11.7 Å². The van der Waals surface area contributed by atoms with Gasteiger partial charge >= 0.3 is 5.97 Å². The Morgan fingerprint density at radius 2 is 2.17 bits per heavy atom. The molecule has 0 fully saturated rings. The molecule has 0 aliphatic rings. The molecule has 0 saturated heterocycles. The summed E-state index contributed by atoms with van der Waals surface area (Å²) < 4.78 is 0.760. The number of aromatic nitrogens is 1. The molecule has 0 spiro atoms. The molecule has 1 aromatic heterocycles. The first-order valence-electron chi connectivity index (χ1n) is 5.61. The van der Waals surface area contributed by atoms with Gasteiger partial charge in [-0.15, -0.1) is 0 Å². The minimum Gasteiger partial charge on any atom is -0.480 e. The molecule has 0 saturated carbocycles. The van der Waals surface area contributed by atoms with Gasteiger partial charge in [0.05, 0.1) is 0 Å². The number of hydrogen-bond acceptors (Lipinski definition) is 3. The summed E-state index contributed by atoms with van der Waals surface area (Å²) in [6, 6.07) is 2.32. The lowest BCUT2D eigenvalue weighted by molar-refractivity contribution is -0.140. The van der Waals surface area contributed by atoms with Gasteiger partial charge in [-0.1, -0.05) is 20.3 Å². The molecule has 1 rings (SSSR count). The van der Waals surface area contributed by atoms with Gasteiger partial charge < -0.3 is 10.4 Å². The van der Waals surface area contributed by atoms with Crippen LogP contribution >= 0.6 is 15.9 Å². The minimum absolute atomic E-state index is 0.137. The number of aliphatic carboxylic acids is 1. The van der Waals surface area contributed by atoms with E-state index in [9.17, 15) is 9.59 Å². The van der Waals surface area contributed by atoms with E-state index in [0.29, 0.717) is 6.42 Å². The number of carbonyl (C=O) groups is 2. The number of amides is 1. The van der Waals surface area contributed by atoms with Gasteiger partial charge in [0.15, 0.2) is 0 Å². The molecule has 0 aliphatic carbocycles. The van der Waals surface area contributed by atoms with Gasteiger partial charge in [-0.05, 0) is 34.0 Å². The molecule has 2 atom stereocenters. The Kier molecular flexibility index (Phi) is 5.27. The largest absolute Gasteiger partial charge is 0.480 e. The van der Waals surface area contributed by atoms with Gasteiger partial charge in [-0.3, -0.25) is 4.79 Å². The molecule has 0 aromatic carbocycles. The molecule has 18 heavy (non-hydrogen) atoms. The van der Waals surface area contributed by atoms with E-state index in [0.717, 1.165) is 4.47 Å². The second kappa shape index (κ2) is 6.49. The molecule has 1 heterocycles. The third-order valence-electron chi connectivity index (χ3n) is 2.73. The second-order valence-corrected chi connectivity index (χ2v) is 4.95. The van der Waals surface area contributed by atoms with Crippen LogP contribution in [0.4, 0.5) is 0 Å². The summed E-state index contributed by atoms with van der Waals surface area (Å²) in [5.74, 6) is -1.65. The van der Waals surface area contributed by atoms with Crippen LogP contribution < -0.4 is 5.32 Å². The maximum Gasteiger partial charge on any atom is 0.326 e. The number of hydrogen-bond donors (Lipinski definition) is 2. The van der Waals surface area contributed by atoms with Crippen LogP contribution in [0.2, 0.25) is 0 Å². The van der Waals surface area contributed by atoms with E-state index in [-0.39, 0.29) is 11.6 Å². The van der Waals surface area contributed by atoms with E-state index in [4.69, 9.17) is 5.11 Å². The Hall–Kier alpha value is -1.43. The van der Waals surface area contributed by atoms with Crippen LogP contribution in [0.5, 0.6) is 0 Å². The number of carboxylic acid groups (broad SMARTS) is 1. The van der Waals surface area contributed by atoms with Crippen molar-refractivity contribution in [2.75, 3.05) is 0 Å². The van der Waals surface area contributed by atoms with E-state index in [1.54, 1.807) is 13.0 Å². The summed E-state index contributed by atoms with van der Waals surface area (Å²) in [5.41, 5.74) is 0.202. The number of rotatable bonds is 5. The lowest BCUT2D eigenvalue weighted by Crippen LogP contribution is -2.45. The standard InChI is InChI=1S/C12H15BrN2O3/c1-3-7(2)10(12(17)18)15-11(16)9-5-4-8(13)6-14-9/h4-7,10H,3H2,1-2H3,(H,15,16)(H,17,18)/t7?,10-/m0/s1. The lowest BCUT2D eigenvalue weighted by atomic mass is 9.99. The number of pyridine rings is 1. The Morgan fingerprint density at radius 3 is 2.61 bits per heavy atom. The highest BCUT2D eigenvalue weighted by atomic mass is 79.9. The van der Waals surface area contributed by atoms with Crippen molar-refractivity contribution in [1.82, 2.24) is 10.3 Å². The topological polar surface area (TPSA) is 79.3 Å².